The summed E-state index contributed by atoms with van der Waals surface area (Å²) < 4.78 is 6.95. The number of primary amides is 1. The van der Waals surface area contributed by atoms with Crippen molar-refractivity contribution in [1.82, 2.24) is 20.9 Å². The molecule has 1 heterocycles. The Kier molecular flexibility index (Phi) is 13.0. The minimum Gasteiger partial charge on any atom is -0.352 e. The number of carbonyl (C=O) groups excluding carboxylic acids is 7. The molecule has 1 aliphatic rings. The van der Waals surface area contributed by atoms with Crippen molar-refractivity contribution in [3.63, 3.8) is 0 Å². The normalized spacial score (nSPS) is 15.0. The van der Waals surface area contributed by atoms with Crippen molar-refractivity contribution >= 4 is 41.6 Å². The number of ketones is 2. The van der Waals surface area contributed by atoms with Crippen LogP contribution in [0.5, 0.6) is 0 Å². The number of rotatable bonds is 19. The van der Waals surface area contributed by atoms with E-state index < -0.39 is 48.5 Å². The molecule has 36 heavy (non-hydrogen) atoms. The molecule has 12 nitrogen and oxygen atoms in total. The Balaban J connectivity index is 2.55. The topological polar surface area (TPSA) is 185 Å². The molecule has 0 aromatic heterocycles. The number of urea groups is 1. The summed E-state index contributed by atoms with van der Waals surface area (Å²) in [7, 11) is 0. The van der Waals surface area contributed by atoms with Crippen LogP contribution in [0, 0.1) is 11.8 Å². The lowest BCUT2D eigenvalue weighted by Gasteiger charge is -2.24. The van der Waals surface area contributed by atoms with E-state index in [1.165, 1.54) is 12.2 Å². The molecular formula is C24H37N5O7. The average molecular weight is 509 g/mol. The van der Waals surface area contributed by atoms with E-state index in [0.717, 1.165) is 4.90 Å². The molecule has 0 aliphatic carbocycles. The summed E-state index contributed by atoms with van der Waals surface area (Å²) in [5.74, 6) is -2.55. The zero-order valence-electron chi connectivity index (χ0n) is 21.8. The van der Waals surface area contributed by atoms with Crippen LogP contribution in [0.2, 0.25) is 0 Å². The maximum Gasteiger partial charge on any atom is 0.312 e. The maximum atomic E-state index is 13.0. The Morgan fingerprint density at radius 1 is 1.06 bits per heavy atom. The van der Waals surface area contributed by atoms with Gasteiger partial charge >= 0.3 is 6.03 Å². The van der Waals surface area contributed by atoms with Crippen molar-refractivity contribution in [1.29, 1.82) is 0 Å². The second kappa shape index (κ2) is 16.3. The van der Waals surface area contributed by atoms with Gasteiger partial charge in [0.15, 0.2) is 5.78 Å². The van der Waals surface area contributed by atoms with E-state index in [4.69, 9.17) is 7.10 Å². The van der Waals surface area contributed by atoms with Crippen LogP contribution in [-0.4, -0.2) is 78.7 Å². The van der Waals surface area contributed by atoms with Crippen LogP contribution in [0.1, 0.15) is 53.7 Å². The van der Waals surface area contributed by atoms with Crippen molar-refractivity contribution < 1.29 is 34.9 Å². The number of aldehydes is 1. The number of nitrogens with two attached hydrogens (primary N) is 1. The molecular weight excluding hydrogens is 470 g/mol. The van der Waals surface area contributed by atoms with Gasteiger partial charge in [0.2, 0.25) is 5.91 Å². The van der Waals surface area contributed by atoms with Crippen LogP contribution >= 0.6 is 0 Å². The predicted molar refractivity (Wildman–Crippen MR) is 130 cm³/mol. The fourth-order valence-electron chi connectivity index (χ4n) is 3.80. The maximum absolute atomic E-state index is 13.0. The zero-order valence-corrected chi connectivity index (χ0v) is 20.8. The fourth-order valence-corrected chi connectivity index (χ4v) is 3.80. The van der Waals surface area contributed by atoms with Gasteiger partial charge in [-0.1, -0.05) is 13.8 Å². The quantitative estimate of drug-likeness (QED) is 0.103. The smallest absolute Gasteiger partial charge is 0.312 e. The minimum atomic E-state index is -0.958. The number of nitrogens with zero attached hydrogens (tertiary/aromatic N) is 1. The summed E-state index contributed by atoms with van der Waals surface area (Å²) in [4.78, 5) is 83.6. The van der Waals surface area contributed by atoms with E-state index in [1.54, 1.807) is 0 Å². The Morgan fingerprint density at radius 3 is 2.31 bits per heavy atom. The van der Waals surface area contributed by atoms with E-state index in [9.17, 15) is 33.6 Å². The number of amides is 5. The highest BCUT2D eigenvalue weighted by Gasteiger charge is 2.28. The number of Topliss-reactive ketones (excluding diaryl/α,β-unsaturated/α-hetero) is 2. The summed E-state index contributed by atoms with van der Waals surface area (Å²) in [5.41, 5.74) is 5.03. The SMILES string of the molecule is [2H]C(=O)CNC(=O)C(CCCNC(N)=O)CC(=O)[C@@H](NCCCC(=O)CCN1C(=O)C=CC1=O)C(C)C. The summed E-state index contributed by atoms with van der Waals surface area (Å²) in [6.07, 6.45) is 2.65. The number of carbonyl (C=O) groups is 7. The number of hydrogen-bond acceptors (Lipinski definition) is 8. The zero-order chi connectivity index (χ0) is 28.0. The minimum absolute atomic E-state index is 0.0360. The lowest BCUT2D eigenvalue weighted by molar-refractivity contribution is -0.137. The molecule has 0 fully saturated rings. The third kappa shape index (κ3) is 11.3. The summed E-state index contributed by atoms with van der Waals surface area (Å²) in [5, 5.41) is 7.92. The first-order chi connectivity index (χ1) is 17.4. The van der Waals surface area contributed by atoms with E-state index in [-0.39, 0.29) is 56.3 Å². The lowest BCUT2D eigenvalue weighted by Crippen LogP contribution is -2.44. The van der Waals surface area contributed by atoms with Crippen molar-refractivity contribution in [2.75, 3.05) is 26.2 Å². The monoisotopic (exact) mass is 508 g/mol. The third-order valence-corrected chi connectivity index (χ3v) is 5.71. The van der Waals surface area contributed by atoms with Gasteiger partial charge in [-0.15, -0.1) is 0 Å². The molecule has 0 saturated carbocycles. The largest absolute Gasteiger partial charge is 0.352 e. The van der Waals surface area contributed by atoms with Gasteiger partial charge in [0.05, 0.1) is 12.6 Å². The van der Waals surface area contributed by atoms with Crippen LogP contribution in [0.15, 0.2) is 12.2 Å². The summed E-state index contributed by atoms with van der Waals surface area (Å²) in [6, 6.07) is -1.27. The van der Waals surface area contributed by atoms with Gasteiger partial charge in [0.25, 0.3) is 11.8 Å². The number of nitrogens with one attached hydrogen (secondary N) is 3. The molecule has 1 aliphatic heterocycles. The first-order valence-electron chi connectivity index (χ1n) is 12.5. The molecule has 0 spiro atoms. The molecule has 12 heteroatoms. The van der Waals surface area contributed by atoms with Gasteiger partial charge in [-0.05, 0) is 31.7 Å². The van der Waals surface area contributed by atoms with Crippen LogP contribution in [-0.2, 0) is 28.8 Å². The Labute approximate surface area is 212 Å². The second-order valence-corrected chi connectivity index (χ2v) is 8.89. The molecule has 1 unspecified atom stereocenters. The Hall–Kier alpha value is -3.41. The molecule has 0 aromatic carbocycles. The van der Waals surface area contributed by atoms with Crippen molar-refractivity contribution in [3.8, 4) is 0 Å². The van der Waals surface area contributed by atoms with Crippen LogP contribution < -0.4 is 21.7 Å². The number of hydrogen-bond donors (Lipinski definition) is 4. The Bertz CT molecular complexity index is 888. The molecule has 200 valence electrons. The first-order valence-corrected chi connectivity index (χ1v) is 12.0. The van der Waals surface area contributed by atoms with Gasteiger partial charge in [0.1, 0.15) is 13.4 Å². The van der Waals surface area contributed by atoms with Crippen molar-refractivity contribution in [2.24, 2.45) is 17.6 Å². The molecule has 0 aromatic rings. The van der Waals surface area contributed by atoms with Gasteiger partial charge in [-0.3, -0.25) is 28.9 Å². The van der Waals surface area contributed by atoms with Gasteiger partial charge in [-0.2, -0.15) is 0 Å². The van der Waals surface area contributed by atoms with Crippen LogP contribution in [0.3, 0.4) is 0 Å². The Morgan fingerprint density at radius 2 is 1.72 bits per heavy atom. The average Bonchev–Trinajstić information content (AvgIpc) is 3.14. The predicted octanol–water partition coefficient (Wildman–Crippen LogP) is -0.396. The highest BCUT2D eigenvalue weighted by Crippen LogP contribution is 2.16. The van der Waals surface area contributed by atoms with Crippen LogP contribution in [0.4, 0.5) is 4.79 Å². The lowest BCUT2D eigenvalue weighted by atomic mass is 9.89. The van der Waals surface area contributed by atoms with Gasteiger partial charge < -0.3 is 26.5 Å². The third-order valence-electron chi connectivity index (χ3n) is 5.71. The molecule has 0 saturated heterocycles. The summed E-state index contributed by atoms with van der Waals surface area (Å²) in [6.45, 7) is 3.87. The van der Waals surface area contributed by atoms with E-state index in [1.807, 2.05) is 13.8 Å². The molecule has 2 atom stereocenters. The molecule has 0 radical (unpaired) electrons. The standard InChI is InChI=1S/C24H37N5O7/c1-16(2)22(26-10-4-6-18(31)9-13-29-20(33)7-8-21(29)34)19(32)15-17(23(35)27-12-14-30)5-3-11-28-24(25)36/h7-8,14,16-17,22,26H,3-6,9-13,15H2,1-2H3,(H,27,35)(H3,25,28,36)/t17?,22-/m0/s1/i14D. The highest BCUT2D eigenvalue weighted by atomic mass is 16.2. The van der Waals surface area contributed by atoms with Crippen LogP contribution in [0.25, 0.3) is 0 Å². The van der Waals surface area contributed by atoms with Crippen molar-refractivity contribution in [3.05, 3.63) is 12.2 Å². The number of imide groups is 1. The molecule has 1 rings (SSSR count). The van der Waals surface area contributed by atoms with E-state index >= 15 is 0 Å². The molecule has 0 bridgehead atoms. The van der Waals surface area contributed by atoms with E-state index in [0.29, 0.717) is 19.4 Å². The molecule has 5 amide bonds. The summed E-state index contributed by atoms with van der Waals surface area (Å²) >= 11 is 0. The molecule has 5 N–H and O–H groups in total. The first kappa shape index (κ1) is 28.8. The van der Waals surface area contributed by atoms with Crippen molar-refractivity contribution in [2.45, 2.75) is 58.4 Å². The second-order valence-electron chi connectivity index (χ2n) is 8.89. The highest BCUT2D eigenvalue weighted by molar-refractivity contribution is 6.13. The van der Waals surface area contributed by atoms with Gasteiger partial charge in [-0.25, -0.2) is 4.79 Å². The fraction of sp³-hybridized carbons (Fsp3) is 0.625. The van der Waals surface area contributed by atoms with Gasteiger partial charge in [0, 0.05) is 50.4 Å². The van der Waals surface area contributed by atoms with E-state index in [2.05, 4.69) is 16.0 Å².